The molecule has 1 aromatic heterocycles. The fourth-order valence-electron chi connectivity index (χ4n) is 2.86. The van der Waals surface area contributed by atoms with Crippen molar-refractivity contribution in [3.63, 3.8) is 0 Å². The quantitative estimate of drug-likeness (QED) is 0.800. The summed E-state index contributed by atoms with van der Waals surface area (Å²) in [5, 5.41) is 9.48. The smallest absolute Gasteiger partial charge is 0.144 e. The molecule has 1 aliphatic rings. The number of para-hydroxylation sites is 1. The summed E-state index contributed by atoms with van der Waals surface area (Å²) in [6, 6.07) is 13.8. The number of hydrogen-bond donors (Lipinski definition) is 0. The summed E-state index contributed by atoms with van der Waals surface area (Å²) < 4.78 is 6.02. The van der Waals surface area contributed by atoms with E-state index in [1.165, 1.54) is 0 Å². The molecule has 0 unspecified atom stereocenters. The number of piperidine rings is 1. The van der Waals surface area contributed by atoms with Crippen molar-refractivity contribution >= 4 is 17.3 Å². The Morgan fingerprint density at radius 2 is 1.96 bits per heavy atom. The molecule has 1 aromatic carbocycles. The third-order valence-corrected chi connectivity index (χ3v) is 4.50. The number of rotatable bonds is 3. The number of ether oxygens (including phenoxy) is 1. The van der Waals surface area contributed by atoms with Crippen molar-refractivity contribution in [3.05, 3.63) is 52.8 Å². The monoisotopic (exact) mass is 327 g/mol. The van der Waals surface area contributed by atoms with Crippen LogP contribution in [0.5, 0.6) is 5.75 Å². The number of hydrogen-bond acceptors (Lipinski definition) is 4. The van der Waals surface area contributed by atoms with Gasteiger partial charge in [0.15, 0.2) is 0 Å². The van der Waals surface area contributed by atoms with Crippen LogP contribution in [0, 0.1) is 18.3 Å². The molecular formula is C18H18ClN3O. The predicted molar refractivity (Wildman–Crippen MR) is 91.0 cm³/mol. The zero-order valence-corrected chi connectivity index (χ0v) is 13.8. The first kappa shape index (κ1) is 15.6. The molecule has 1 saturated heterocycles. The molecule has 5 heteroatoms. The van der Waals surface area contributed by atoms with Crippen molar-refractivity contribution < 1.29 is 4.74 Å². The maximum atomic E-state index is 9.07. The van der Waals surface area contributed by atoms with Gasteiger partial charge in [0.2, 0.25) is 0 Å². The highest BCUT2D eigenvalue weighted by molar-refractivity contribution is 6.30. The topological polar surface area (TPSA) is 49.1 Å². The molecule has 2 aromatic rings. The van der Waals surface area contributed by atoms with Crippen LogP contribution in [0.25, 0.3) is 0 Å². The van der Waals surface area contributed by atoms with Crippen LogP contribution in [0.3, 0.4) is 0 Å². The van der Waals surface area contributed by atoms with E-state index >= 15 is 0 Å². The molecule has 0 bridgehead atoms. The maximum Gasteiger partial charge on any atom is 0.144 e. The summed E-state index contributed by atoms with van der Waals surface area (Å²) in [4.78, 5) is 6.33. The van der Waals surface area contributed by atoms with Crippen molar-refractivity contribution in [3.8, 4) is 11.8 Å². The van der Waals surface area contributed by atoms with Gasteiger partial charge >= 0.3 is 0 Å². The second-order valence-corrected chi connectivity index (χ2v) is 6.03. The van der Waals surface area contributed by atoms with Gasteiger partial charge in [-0.25, -0.2) is 4.98 Å². The third kappa shape index (κ3) is 3.57. The second kappa shape index (κ2) is 6.89. The summed E-state index contributed by atoms with van der Waals surface area (Å²) in [5.74, 6) is 0.917. The highest BCUT2D eigenvalue weighted by atomic mass is 35.5. The lowest BCUT2D eigenvalue weighted by Crippen LogP contribution is -2.38. The molecule has 0 aliphatic carbocycles. The summed E-state index contributed by atoms with van der Waals surface area (Å²) in [6.07, 6.45) is 2.11. The number of anilines is 1. The van der Waals surface area contributed by atoms with Gasteiger partial charge in [0.05, 0.1) is 0 Å². The van der Waals surface area contributed by atoms with E-state index in [0.717, 1.165) is 42.9 Å². The van der Waals surface area contributed by atoms with Crippen molar-refractivity contribution in [2.24, 2.45) is 0 Å². The number of nitriles is 1. The normalized spacial score (nSPS) is 15.3. The van der Waals surface area contributed by atoms with Gasteiger partial charge in [-0.2, -0.15) is 5.26 Å². The SMILES string of the molecule is Cc1c(N2CCC(Oc3ccccc3)CC2)cc(C#N)nc1Cl. The van der Waals surface area contributed by atoms with E-state index in [1.807, 2.05) is 43.3 Å². The predicted octanol–water partition coefficient (Wildman–Crippen LogP) is 3.96. The lowest BCUT2D eigenvalue weighted by molar-refractivity contribution is 0.171. The summed E-state index contributed by atoms with van der Waals surface area (Å²) >= 11 is 6.14. The fraction of sp³-hybridized carbons (Fsp3) is 0.333. The zero-order chi connectivity index (χ0) is 16.2. The Bertz CT molecular complexity index is 719. The van der Waals surface area contributed by atoms with Gasteiger partial charge in [-0.15, -0.1) is 0 Å². The summed E-state index contributed by atoms with van der Waals surface area (Å²) in [7, 11) is 0. The maximum absolute atomic E-state index is 9.07. The highest BCUT2D eigenvalue weighted by Crippen LogP contribution is 2.29. The first-order chi connectivity index (χ1) is 11.2. The molecule has 1 aliphatic heterocycles. The van der Waals surface area contributed by atoms with Gasteiger partial charge in [0.25, 0.3) is 0 Å². The number of nitrogens with zero attached hydrogens (tertiary/aromatic N) is 3. The summed E-state index contributed by atoms with van der Waals surface area (Å²) in [5.41, 5.74) is 2.28. The number of halogens is 1. The van der Waals surface area contributed by atoms with Crippen LogP contribution in [0.4, 0.5) is 5.69 Å². The largest absolute Gasteiger partial charge is 0.490 e. The van der Waals surface area contributed by atoms with Crippen molar-refractivity contribution in [2.45, 2.75) is 25.9 Å². The molecule has 2 heterocycles. The highest BCUT2D eigenvalue weighted by Gasteiger charge is 2.23. The van der Waals surface area contributed by atoms with Crippen LogP contribution in [0.2, 0.25) is 5.15 Å². The van der Waals surface area contributed by atoms with Gasteiger partial charge in [-0.3, -0.25) is 0 Å². The van der Waals surface area contributed by atoms with Gasteiger partial charge in [0.1, 0.15) is 28.8 Å². The molecular weight excluding hydrogens is 310 g/mol. The lowest BCUT2D eigenvalue weighted by Gasteiger charge is -2.34. The first-order valence-electron chi connectivity index (χ1n) is 7.71. The number of benzene rings is 1. The molecule has 0 amide bonds. The van der Waals surface area contributed by atoms with Gasteiger partial charge in [-0.05, 0) is 25.1 Å². The molecule has 0 N–H and O–H groups in total. The van der Waals surface area contributed by atoms with Crippen LogP contribution >= 0.6 is 11.6 Å². The van der Waals surface area contributed by atoms with E-state index in [4.69, 9.17) is 21.6 Å². The van der Waals surface area contributed by atoms with E-state index in [1.54, 1.807) is 0 Å². The van der Waals surface area contributed by atoms with Gasteiger partial charge in [-0.1, -0.05) is 29.8 Å². The molecule has 23 heavy (non-hydrogen) atoms. The molecule has 0 radical (unpaired) electrons. The lowest BCUT2D eigenvalue weighted by atomic mass is 10.1. The molecule has 118 valence electrons. The Hall–Kier alpha value is -2.25. The van der Waals surface area contributed by atoms with Crippen LogP contribution in [0.1, 0.15) is 24.1 Å². The van der Waals surface area contributed by atoms with Crippen LogP contribution in [0.15, 0.2) is 36.4 Å². The Kier molecular flexibility index (Phi) is 4.68. The summed E-state index contributed by atoms with van der Waals surface area (Å²) in [6.45, 7) is 3.70. The van der Waals surface area contributed by atoms with E-state index in [2.05, 4.69) is 16.0 Å². The third-order valence-electron chi connectivity index (χ3n) is 4.13. The average molecular weight is 328 g/mol. The van der Waals surface area contributed by atoms with Crippen LogP contribution in [-0.4, -0.2) is 24.2 Å². The minimum atomic E-state index is 0.224. The minimum absolute atomic E-state index is 0.224. The molecule has 0 atom stereocenters. The average Bonchev–Trinajstić information content (AvgIpc) is 2.59. The Morgan fingerprint density at radius 3 is 2.61 bits per heavy atom. The van der Waals surface area contributed by atoms with Gasteiger partial charge in [0, 0.05) is 37.2 Å². The standard InChI is InChI=1S/C18H18ClN3O/c1-13-17(11-14(12-20)21-18(13)19)22-9-7-16(8-10-22)23-15-5-3-2-4-6-15/h2-6,11,16H,7-10H2,1H3. The molecule has 3 rings (SSSR count). The number of aromatic nitrogens is 1. The minimum Gasteiger partial charge on any atom is -0.490 e. The molecule has 4 nitrogen and oxygen atoms in total. The van der Waals surface area contributed by atoms with E-state index in [9.17, 15) is 0 Å². The Morgan fingerprint density at radius 1 is 1.26 bits per heavy atom. The fourth-order valence-corrected chi connectivity index (χ4v) is 3.04. The molecule has 1 fully saturated rings. The van der Waals surface area contributed by atoms with Gasteiger partial charge < -0.3 is 9.64 Å². The molecule has 0 spiro atoms. The van der Waals surface area contributed by atoms with Crippen molar-refractivity contribution in [1.82, 2.24) is 4.98 Å². The van der Waals surface area contributed by atoms with Crippen LogP contribution < -0.4 is 9.64 Å². The second-order valence-electron chi connectivity index (χ2n) is 5.67. The van der Waals surface area contributed by atoms with E-state index < -0.39 is 0 Å². The molecule has 0 saturated carbocycles. The Labute approximate surface area is 141 Å². The number of pyridine rings is 1. The zero-order valence-electron chi connectivity index (χ0n) is 13.0. The van der Waals surface area contributed by atoms with Crippen LogP contribution in [-0.2, 0) is 0 Å². The first-order valence-corrected chi connectivity index (χ1v) is 8.09. The van der Waals surface area contributed by atoms with E-state index in [0.29, 0.717) is 10.8 Å². The van der Waals surface area contributed by atoms with Crippen molar-refractivity contribution in [2.75, 3.05) is 18.0 Å². The van der Waals surface area contributed by atoms with E-state index in [-0.39, 0.29) is 6.10 Å². The van der Waals surface area contributed by atoms with Crippen molar-refractivity contribution in [1.29, 1.82) is 5.26 Å². The Balaban J connectivity index is 1.68.